The second-order valence-electron chi connectivity index (χ2n) is 5.43. The summed E-state index contributed by atoms with van der Waals surface area (Å²) >= 11 is 0. The van der Waals surface area contributed by atoms with Crippen molar-refractivity contribution < 1.29 is 9.53 Å². The molecule has 110 valence electrons. The number of rotatable bonds is 4. The van der Waals surface area contributed by atoms with E-state index in [0.717, 1.165) is 23.8 Å². The molecular weight excluding hydrogens is 252 g/mol. The van der Waals surface area contributed by atoms with Gasteiger partial charge < -0.3 is 10.1 Å². The van der Waals surface area contributed by atoms with Crippen LogP contribution in [0.15, 0.2) is 24.3 Å². The monoisotopic (exact) mass is 276 g/mol. The summed E-state index contributed by atoms with van der Waals surface area (Å²) in [6.07, 6.45) is 7.77. The Morgan fingerprint density at radius 2 is 1.70 bits per heavy atom. The van der Waals surface area contributed by atoms with Gasteiger partial charge in [-0.3, -0.25) is 5.32 Å². The van der Waals surface area contributed by atoms with Crippen LogP contribution in [0.4, 0.5) is 16.2 Å². The zero-order valence-corrected chi connectivity index (χ0v) is 12.2. The van der Waals surface area contributed by atoms with Crippen LogP contribution in [-0.4, -0.2) is 19.7 Å². The number of amides is 1. The van der Waals surface area contributed by atoms with Gasteiger partial charge in [-0.1, -0.05) is 25.7 Å². The first kappa shape index (κ1) is 14.7. The van der Waals surface area contributed by atoms with Gasteiger partial charge in [0.15, 0.2) is 0 Å². The SMILES string of the molecule is COC(=O)Nc1ccc(NCC2CCCCCC2)cc1. The Bertz CT molecular complexity index is 409. The van der Waals surface area contributed by atoms with Gasteiger partial charge in [0.05, 0.1) is 7.11 Å². The number of nitrogens with one attached hydrogen (secondary N) is 2. The third kappa shape index (κ3) is 4.76. The van der Waals surface area contributed by atoms with E-state index in [9.17, 15) is 4.79 Å². The summed E-state index contributed by atoms with van der Waals surface area (Å²) in [7, 11) is 1.36. The molecule has 4 nitrogen and oxygen atoms in total. The second kappa shape index (κ2) is 7.78. The molecule has 0 aliphatic heterocycles. The van der Waals surface area contributed by atoms with Crippen LogP contribution >= 0.6 is 0 Å². The second-order valence-corrected chi connectivity index (χ2v) is 5.43. The van der Waals surface area contributed by atoms with E-state index in [0.29, 0.717) is 0 Å². The van der Waals surface area contributed by atoms with Crippen LogP contribution in [0, 0.1) is 5.92 Å². The molecule has 0 heterocycles. The molecule has 1 aromatic carbocycles. The predicted octanol–water partition coefficient (Wildman–Crippen LogP) is 4.25. The third-order valence-corrected chi connectivity index (χ3v) is 3.89. The molecule has 1 amide bonds. The number of ether oxygens (including phenoxy) is 1. The number of hydrogen-bond acceptors (Lipinski definition) is 3. The van der Waals surface area contributed by atoms with Gasteiger partial charge in [0.1, 0.15) is 0 Å². The van der Waals surface area contributed by atoms with Gasteiger partial charge in [0.25, 0.3) is 0 Å². The van der Waals surface area contributed by atoms with Crippen molar-refractivity contribution in [1.82, 2.24) is 0 Å². The molecule has 4 heteroatoms. The Balaban J connectivity index is 1.79. The molecule has 0 unspecified atom stereocenters. The lowest BCUT2D eigenvalue weighted by atomic mass is 10.0. The number of hydrogen-bond donors (Lipinski definition) is 2. The number of methoxy groups -OCH3 is 1. The lowest BCUT2D eigenvalue weighted by Crippen LogP contribution is -2.14. The maximum Gasteiger partial charge on any atom is 0.411 e. The van der Waals surface area contributed by atoms with E-state index in [1.807, 2.05) is 24.3 Å². The molecule has 0 aromatic heterocycles. The van der Waals surface area contributed by atoms with Crippen LogP contribution in [-0.2, 0) is 4.74 Å². The summed E-state index contributed by atoms with van der Waals surface area (Å²) in [5, 5.41) is 6.14. The fourth-order valence-corrected chi connectivity index (χ4v) is 2.67. The van der Waals surface area contributed by atoms with Crippen molar-refractivity contribution in [2.24, 2.45) is 5.92 Å². The van der Waals surface area contributed by atoms with E-state index >= 15 is 0 Å². The van der Waals surface area contributed by atoms with Crippen molar-refractivity contribution in [3.63, 3.8) is 0 Å². The minimum atomic E-state index is -0.441. The summed E-state index contributed by atoms with van der Waals surface area (Å²) in [6.45, 7) is 1.05. The van der Waals surface area contributed by atoms with Gasteiger partial charge in [-0.15, -0.1) is 0 Å². The van der Waals surface area contributed by atoms with Gasteiger partial charge in [0.2, 0.25) is 0 Å². The first-order valence-corrected chi connectivity index (χ1v) is 7.47. The van der Waals surface area contributed by atoms with Crippen molar-refractivity contribution in [2.75, 3.05) is 24.3 Å². The lowest BCUT2D eigenvalue weighted by molar-refractivity contribution is 0.187. The van der Waals surface area contributed by atoms with Crippen molar-refractivity contribution in [1.29, 1.82) is 0 Å². The fraction of sp³-hybridized carbons (Fsp3) is 0.562. The van der Waals surface area contributed by atoms with E-state index in [-0.39, 0.29) is 0 Å². The first-order valence-electron chi connectivity index (χ1n) is 7.47. The van der Waals surface area contributed by atoms with Crippen molar-refractivity contribution >= 4 is 17.5 Å². The highest BCUT2D eigenvalue weighted by molar-refractivity contribution is 5.84. The Kier molecular flexibility index (Phi) is 5.71. The molecule has 2 rings (SSSR count). The maximum absolute atomic E-state index is 11.1. The zero-order chi connectivity index (χ0) is 14.2. The topological polar surface area (TPSA) is 50.4 Å². The maximum atomic E-state index is 11.1. The van der Waals surface area contributed by atoms with Gasteiger partial charge >= 0.3 is 6.09 Å². The summed E-state index contributed by atoms with van der Waals surface area (Å²) in [5.41, 5.74) is 1.85. The Morgan fingerprint density at radius 3 is 2.30 bits per heavy atom. The van der Waals surface area contributed by atoms with Gasteiger partial charge in [0, 0.05) is 17.9 Å². The zero-order valence-electron chi connectivity index (χ0n) is 12.2. The molecule has 1 fully saturated rings. The first-order chi connectivity index (χ1) is 9.78. The largest absolute Gasteiger partial charge is 0.453 e. The van der Waals surface area contributed by atoms with Crippen molar-refractivity contribution in [3.05, 3.63) is 24.3 Å². The average Bonchev–Trinajstić information content (AvgIpc) is 2.75. The van der Waals surface area contributed by atoms with E-state index in [1.54, 1.807) is 0 Å². The molecular formula is C16H24N2O2. The van der Waals surface area contributed by atoms with E-state index < -0.39 is 6.09 Å². The highest BCUT2D eigenvalue weighted by Crippen LogP contribution is 2.23. The molecule has 0 bridgehead atoms. The molecule has 1 saturated carbocycles. The lowest BCUT2D eigenvalue weighted by Gasteiger charge is -2.16. The molecule has 2 N–H and O–H groups in total. The van der Waals surface area contributed by atoms with E-state index in [1.165, 1.54) is 45.6 Å². The van der Waals surface area contributed by atoms with Crippen molar-refractivity contribution in [3.8, 4) is 0 Å². The van der Waals surface area contributed by atoms with Crippen LogP contribution in [0.1, 0.15) is 38.5 Å². The Hall–Kier alpha value is -1.71. The summed E-state index contributed by atoms with van der Waals surface area (Å²) in [6, 6.07) is 7.74. The molecule has 1 aliphatic rings. The highest BCUT2D eigenvalue weighted by Gasteiger charge is 2.11. The molecule has 0 spiro atoms. The molecule has 0 saturated heterocycles. The third-order valence-electron chi connectivity index (χ3n) is 3.89. The van der Waals surface area contributed by atoms with Crippen LogP contribution in [0.25, 0.3) is 0 Å². The van der Waals surface area contributed by atoms with Crippen LogP contribution in [0.3, 0.4) is 0 Å². The Labute approximate surface area is 120 Å². The normalized spacial score (nSPS) is 16.2. The van der Waals surface area contributed by atoms with Gasteiger partial charge in [-0.25, -0.2) is 4.79 Å². The van der Waals surface area contributed by atoms with Gasteiger partial charge in [-0.05, 0) is 43.0 Å². The molecule has 1 aliphatic carbocycles. The number of anilines is 2. The number of benzene rings is 1. The van der Waals surface area contributed by atoms with E-state index in [4.69, 9.17) is 0 Å². The fourth-order valence-electron chi connectivity index (χ4n) is 2.67. The molecule has 0 atom stereocenters. The van der Waals surface area contributed by atoms with Crippen LogP contribution < -0.4 is 10.6 Å². The molecule has 1 aromatic rings. The highest BCUT2D eigenvalue weighted by atomic mass is 16.5. The smallest absolute Gasteiger partial charge is 0.411 e. The minimum Gasteiger partial charge on any atom is -0.453 e. The summed E-state index contributed by atoms with van der Waals surface area (Å²) < 4.78 is 4.56. The Morgan fingerprint density at radius 1 is 1.10 bits per heavy atom. The van der Waals surface area contributed by atoms with Crippen molar-refractivity contribution in [2.45, 2.75) is 38.5 Å². The number of carbonyl (C=O) groups is 1. The average molecular weight is 276 g/mol. The van der Waals surface area contributed by atoms with Crippen LogP contribution in [0.5, 0.6) is 0 Å². The minimum absolute atomic E-state index is 0.441. The quantitative estimate of drug-likeness (QED) is 0.808. The number of carbonyl (C=O) groups excluding carboxylic acids is 1. The predicted molar refractivity (Wildman–Crippen MR) is 82.2 cm³/mol. The molecule has 20 heavy (non-hydrogen) atoms. The molecule has 0 radical (unpaired) electrons. The standard InChI is InChI=1S/C16H24N2O2/c1-20-16(19)18-15-10-8-14(9-11-15)17-12-13-6-4-2-3-5-7-13/h8-11,13,17H,2-7,12H2,1H3,(H,18,19). The summed E-state index contributed by atoms with van der Waals surface area (Å²) in [5.74, 6) is 0.797. The van der Waals surface area contributed by atoms with Gasteiger partial charge in [-0.2, -0.15) is 0 Å². The van der Waals surface area contributed by atoms with Crippen LogP contribution in [0.2, 0.25) is 0 Å². The van der Waals surface area contributed by atoms with E-state index in [2.05, 4.69) is 15.4 Å². The summed E-state index contributed by atoms with van der Waals surface area (Å²) in [4.78, 5) is 11.1.